The van der Waals surface area contributed by atoms with Crippen LogP contribution < -0.4 is 0 Å². The van der Waals surface area contributed by atoms with Gasteiger partial charge < -0.3 is 0 Å². The molecule has 2 nitrogen and oxygen atoms in total. The highest BCUT2D eigenvalue weighted by Gasteiger charge is 2.23. The molecule has 0 aliphatic carbocycles. The predicted octanol–water partition coefficient (Wildman–Crippen LogP) is 2.71. The van der Waals surface area contributed by atoms with E-state index in [-0.39, 0.29) is 5.91 Å². The zero-order chi connectivity index (χ0) is 11.1. The number of carbonyl (C=O) groups is 1. The van der Waals surface area contributed by atoms with Crippen molar-refractivity contribution in [2.75, 3.05) is 6.54 Å². The maximum Gasteiger partial charge on any atom is 0.383 e. The van der Waals surface area contributed by atoms with Crippen LogP contribution >= 0.6 is 0 Å². The molecule has 0 N–H and O–H groups in total. The smallest absolute Gasteiger partial charge is 0.220 e. The summed E-state index contributed by atoms with van der Waals surface area (Å²) in [6.07, 6.45) is 4.28. The van der Waals surface area contributed by atoms with Crippen LogP contribution in [0.2, 0.25) is 0 Å². The monoisotopic (exact) mass is 198 g/mol. The van der Waals surface area contributed by atoms with Crippen molar-refractivity contribution in [1.29, 1.82) is 0 Å². The van der Waals surface area contributed by atoms with Crippen molar-refractivity contribution in [3.05, 3.63) is 0 Å². The van der Waals surface area contributed by atoms with Gasteiger partial charge in [0.2, 0.25) is 0 Å². The second-order valence-electron chi connectivity index (χ2n) is 3.92. The van der Waals surface area contributed by atoms with Crippen LogP contribution in [0.1, 0.15) is 47.5 Å². The molecule has 0 saturated heterocycles. The minimum Gasteiger partial charge on any atom is -0.220 e. The average Bonchev–Trinajstić information content (AvgIpc) is 2.21. The third-order valence-corrected chi connectivity index (χ3v) is 2.72. The highest BCUT2D eigenvalue weighted by molar-refractivity contribution is 5.70. The quantitative estimate of drug-likeness (QED) is 0.593. The Hall–Kier alpha value is -0.660. The van der Waals surface area contributed by atoms with Crippen molar-refractivity contribution in [3.8, 4) is 0 Å². The van der Waals surface area contributed by atoms with E-state index in [4.69, 9.17) is 0 Å². The van der Waals surface area contributed by atoms with Crippen molar-refractivity contribution in [2.45, 2.75) is 47.5 Å². The Morgan fingerprint density at radius 1 is 1.43 bits per heavy atom. The minimum absolute atomic E-state index is 0.178. The van der Waals surface area contributed by atoms with Crippen LogP contribution in [0.3, 0.4) is 0 Å². The molecule has 0 saturated carbocycles. The van der Waals surface area contributed by atoms with Gasteiger partial charge in [-0.3, -0.25) is 0 Å². The summed E-state index contributed by atoms with van der Waals surface area (Å²) in [4.78, 5) is 11.0. The molecule has 1 rings (SSSR count). The summed E-state index contributed by atoms with van der Waals surface area (Å²) < 4.78 is 1.83. The van der Waals surface area contributed by atoms with Gasteiger partial charge in [-0.25, -0.2) is 4.79 Å². The molecule has 2 heteroatoms. The van der Waals surface area contributed by atoms with Gasteiger partial charge in [0.05, 0.1) is 6.92 Å². The highest BCUT2D eigenvalue weighted by Crippen LogP contribution is 2.20. The Bertz CT molecular complexity index is 206. The van der Waals surface area contributed by atoms with Gasteiger partial charge in [0.1, 0.15) is 6.21 Å². The summed E-state index contributed by atoms with van der Waals surface area (Å²) in [6, 6.07) is 0. The SMILES string of the molecule is CC.CC(=O)[N+]1=CCC(C(C)C)CC1. The summed E-state index contributed by atoms with van der Waals surface area (Å²) in [6.45, 7) is 11.0. The van der Waals surface area contributed by atoms with Gasteiger partial charge >= 0.3 is 5.91 Å². The molecule has 0 aromatic rings. The molecular weight excluding hydrogens is 174 g/mol. The van der Waals surface area contributed by atoms with Crippen molar-refractivity contribution in [3.63, 3.8) is 0 Å². The van der Waals surface area contributed by atoms with Gasteiger partial charge in [-0.15, -0.1) is 0 Å². The molecular formula is C12H24NO+. The lowest BCUT2D eigenvalue weighted by molar-refractivity contribution is -0.451. The molecule has 14 heavy (non-hydrogen) atoms. The molecule has 0 aromatic carbocycles. The fraction of sp³-hybridized carbons (Fsp3) is 0.833. The number of hydrogen-bond donors (Lipinski definition) is 0. The van der Waals surface area contributed by atoms with E-state index >= 15 is 0 Å². The fourth-order valence-electron chi connectivity index (χ4n) is 1.67. The first-order valence-electron chi connectivity index (χ1n) is 5.71. The molecule has 1 amide bonds. The van der Waals surface area contributed by atoms with Crippen LogP contribution in [0.5, 0.6) is 0 Å². The van der Waals surface area contributed by atoms with Gasteiger partial charge in [-0.1, -0.05) is 27.7 Å². The third-order valence-electron chi connectivity index (χ3n) is 2.72. The van der Waals surface area contributed by atoms with E-state index in [1.165, 1.54) is 0 Å². The van der Waals surface area contributed by atoms with E-state index in [1.807, 2.05) is 18.4 Å². The van der Waals surface area contributed by atoms with E-state index in [0.717, 1.165) is 31.2 Å². The zero-order valence-electron chi connectivity index (χ0n) is 10.2. The predicted molar refractivity (Wildman–Crippen MR) is 60.8 cm³/mol. The Labute approximate surface area is 88.0 Å². The number of hydrogen-bond acceptors (Lipinski definition) is 1. The van der Waals surface area contributed by atoms with Crippen LogP contribution in [0.25, 0.3) is 0 Å². The molecule has 0 bridgehead atoms. The molecule has 0 aromatic heterocycles. The number of amides is 1. The number of carbonyl (C=O) groups excluding carboxylic acids is 1. The average molecular weight is 198 g/mol. The van der Waals surface area contributed by atoms with Gasteiger partial charge in [0.25, 0.3) is 0 Å². The lowest BCUT2D eigenvalue weighted by Crippen LogP contribution is -2.29. The Morgan fingerprint density at radius 3 is 2.29 bits per heavy atom. The van der Waals surface area contributed by atoms with E-state index in [1.54, 1.807) is 6.92 Å². The minimum atomic E-state index is 0.178. The second kappa shape index (κ2) is 6.74. The van der Waals surface area contributed by atoms with E-state index in [0.29, 0.717) is 0 Å². The highest BCUT2D eigenvalue weighted by atomic mass is 16.1. The molecule has 0 radical (unpaired) electrons. The molecule has 1 unspecified atom stereocenters. The summed E-state index contributed by atoms with van der Waals surface area (Å²) in [5, 5.41) is 0. The third kappa shape index (κ3) is 4.03. The maximum absolute atomic E-state index is 11.0. The van der Waals surface area contributed by atoms with Gasteiger partial charge in [0.15, 0.2) is 6.54 Å². The standard InChI is InChI=1S/C10H18NO.C2H6/c1-8(2)10-4-6-11(7-5-10)9(3)12;1-2/h6,8,10H,4-5,7H2,1-3H3;1-2H3/q+1;. The van der Waals surface area contributed by atoms with Crippen LogP contribution in [0.15, 0.2) is 0 Å². The van der Waals surface area contributed by atoms with E-state index < -0.39 is 0 Å². The van der Waals surface area contributed by atoms with Crippen molar-refractivity contribution >= 4 is 12.1 Å². The molecule has 1 heterocycles. The Kier molecular flexibility index (Phi) is 6.43. The largest absolute Gasteiger partial charge is 0.383 e. The maximum atomic E-state index is 11.0. The second-order valence-corrected chi connectivity index (χ2v) is 3.92. The molecule has 1 aliphatic heterocycles. The van der Waals surface area contributed by atoms with Crippen molar-refractivity contribution in [2.24, 2.45) is 11.8 Å². The van der Waals surface area contributed by atoms with E-state index in [9.17, 15) is 4.79 Å². The zero-order valence-corrected chi connectivity index (χ0v) is 10.2. The van der Waals surface area contributed by atoms with Crippen LogP contribution in [0, 0.1) is 11.8 Å². The van der Waals surface area contributed by atoms with Crippen LogP contribution in [-0.2, 0) is 4.79 Å². The Morgan fingerprint density at radius 2 is 2.00 bits per heavy atom. The summed E-state index contributed by atoms with van der Waals surface area (Å²) >= 11 is 0. The lowest BCUT2D eigenvalue weighted by Gasteiger charge is -2.20. The van der Waals surface area contributed by atoms with Gasteiger partial charge in [-0.2, -0.15) is 4.58 Å². The summed E-state index contributed by atoms with van der Waals surface area (Å²) in [7, 11) is 0. The first-order valence-corrected chi connectivity index (χ1v) is 5.71. The van der Waals surface area contributed by atoms with Gasteiger partial charge in [0, 0.05) is 12.8 Å². The van der Waals surface area contributed by atoms with Crippen molar-refractivity contribution < 1.29 is 9.37 Å². The van der Waals surface area contributed by atoms with E-state index in [2.05, 4.69) is 20.1 Å². The van der Waals surface area contributed by atoms with Crippen molar-refractivity contribution in [1.82, 2.24) is 0 Å². The number of rotatable bonds is 1. The van der Waals surface area contributed by atoms with Crippen LogP contribution in [0.4, 0.5) is 0 Å². The number of nitrogens with zero attached hydrogens (tertiary/aromatic N) is 1. The first-order chi connectivity index (χ1) is 6.61. The topological polar surface area (TPSA) is 20.1 Å². The fourth-order valence-corrected chi connectivity index (χ4v) is 1.67. The molecule has 82 valence electrons. The lowest BCUT2D eigenvalue weighted by atomic mass is 9.88. The van der Waals surface area contributed by atoms with Gasteiger partial charge in [-0.05, 0) is 11.8 Å². The normalized spacial score (nSPS) is 21.0. The summed E-state index contributed by atoms with van der Waals surface area (Å²) in [5.41, 5.74) is 0. The first kappa shape index (κ1) is 13.3. The molecule has 0 fully saturated rings. The molecule has 1 aliphatic rings. The molecule has 1 atom stereocenters. The molecule has 0 spiro atoms. The summed E-state index contributed by atoms with van der Waals surface area (Å²) in [5.74, 6) is 1.70. The Balaban J connectivity index is 0.000000791. The van der Waals surface area contributed by atoms with Crippen LogP contribution in [-0.4, -0.2) is 23.2 Å².